The average Bonchev–Trinajstić information content (AvgIpc) is 2.09. The summed E-state index contributed by atoms with van der Waals surface area (Å²) in [5.41, 5.74) is 0.0898. The summed E-state index contributed by atoms with van der Waals surface area (Å²) in [6.45, 7) is 3.52. The first-order chi connectivity index (χ1) is 6.47. The lowest BCUT2D eigenvalue weighted by atomic mass is 9.95. The van der Waals surface area contributed by atoms with E-state index in [4.69, 9.17) is 0 Å². The zero-order chi connectivity index (χ0) is 10.8. The van der Waals surface area contributed by atoms with Gasteiger partial charge in [-0.25, -0.2) is 9.18 Å². The van der Waals surface area contributed by atoms with Crippen LogP contribution in [0.1, 0.15) is 19.4 Å². The van der Waals surface area contributed by atoms with Gasteiger partial charge < -0.3 is 0 Å². The molecule has 0 aliphatic carbocycles. The lowest BCUT2D eigenvalue weighted by Gasteiger charge is -2.17. The molecule has 1 rings (SSSR count). The van der Waals surface area contributed by atoms with Crippen molar-refractivity contribution in [2.75, 3.05) is 0 Å². The van der Waals surface area contributed by atoms with Gasteiger partial charge in [0, 0.05) is 0 Å². The van der Waals surface area contributed by atoms with E-state index in [9.17, 15) is 9.18 Å². The number of nitrogens with zero attached hydrogens (tertiary/aromatic N) is 1. The first kappa shape index (κ1) is 11.1. The predicted octanol–water partition coefficient (Wildman–Crippen LogP) is 3.16. The van der Waals surface area contributed by atoms with Crippen molar-refractivity contribution in [3.63, 3.8) is 0 Å². The Morgan fingerprint density at radius 3 is 2.64 bits per heavy atom. The second-order valence-corrected chi connectivity index (χ2v) is 4.25. The number of hydrogen-bond acceptors (Lipinski definition) is 2. The van der Waals surface area contributed by atoms with Gasteiger partial charge in [0.2, 0.25) is 6.08 Å². The molecule has 14 heavy (non-hydrogen) atoms. The van der Waals surface area contributed by atoms with E-state index in [0.717, 1.165) is 5.56 Å². The minimum atomic E-state index is -0.669. The van der Waals surface area contributed by atoms with Crippen molar-refractivity contribution in [1.82, 2.24) is 0 Å². The summed E-state index contributed by atoms with van der Waals surface area (Å²) in [5.74, 6) is -0.334. The minimum absolute atomic E-state index is 0.334. The van der Waals surface area contributed by atoms with Crippen LogP contribution in [0.25, 0.3) is 0 Å². The molecule has 2 nitrogen and oxygen atoms in total. The largest absolute Gasteiger partial charge is 0.235 e. The molecule has 0 aromatic heterocycles. The van der Waals surface area contributed by atoms with Gasteiger partial charge in [-0.3, -0.25) is 0 Å². The van der Waals surface area contributed by atoms with Crippen LogP contribution in [0.2, 0.25) is 0 Å². The van der Waals surface area contributed by atoms with Crippen LogP contribution in [0.3, 0.4) is 0 Å². The van der Waals surface area contributed by atoms with Crippen molar-refractivity contribution in [3.05, 3.63) is 34.1 Å². The molecule has 0 atom stereocenters. The average molecular weight is 258 g/mol. The van der Waals surface area contributed by atoms with E-state index >= 15 is 0 Å². The van der Waals surface area contributed by atoms with Gasteiger partial charge in [0.05, 0.1) is 10.0 Å². The SMILES string of the molecule is CC(C)(N=C=O)c1ccc(F)c(Br)c1. The third-order valence-electron chi connectivity index (χ3n) is 1.95. The standard InChI is InChI=1S/C10H9BrFNO/c1-10(2,13-6-14)7-3-4-9(12)8(11)5-7/h3-5H,1-2H3. The van der Waals surface area contributed by atoms with E-state index in [1.54, 1.807) is 26.0 Å². The number of rotatable bonds is 2. The van der Waals surface area contributed by atoms with Gasteiger partial charge >= 0.3 is 0 Å². The molecule has 74 valence electrons. The molecule has 1 aromatic carbocycles. The zero-order valence-electron chi connectivity index (χ0n) is 7.84. The Bertz CT molecular complexity index is 397. The monoisotopic (exact) mass is 257 g/mol. The van der Waals surface area contributed by atoms with E-state index in [1.807, 2.05) is 0 Å². The van der Waals surface area contributed by atoms with Gasteiger partial charge in [-0.05, 0) is 47.5 Å². The number of aliphatic imine (C=N–C) groups is 1. The molecule has 0 saturated heterocycles. The number of isocyanates is 1. The van der Waals surface area contributed by atoms with Crippen LogP contribution < -0.4 is 0 Å². The summed E-state index contributed by atoms with van der Waals surface area (Å²) in [5, 5.41) is 0. The van der Waals surface area contributed by atoms with Gasteiger partial charge in [-0.2, -0.15) is 4.99 Å². The summed E-state index contributed by atoms with van der Waals surface area (Å²) in [4.78, 5) is 13.8. The molecule has 0 radical (unpaired) electrons. The second-order valence-electron chi connectivity index (χ2n) is 3.39. The van der Waals surface area contributed by atoms with Gasteiger partial charge in [0.15, 0.2) is 0 Å². The smallest absolute Gasteiger partial charge is 0.211 e. The number of benzene rings is 1. The first-order valence-corrected chi connectivity index (χ1v) is 4.81. The van der Waals surface area contributed by atoms with Crippen molar-refractivity contribution >= 4 is 22.0 Å². The topological polar surface area (TPSA) is 29.4 Å². The van der Waals surface area contributed by atoms with Gasteiger partial charge in [0.25, 0.3) is 0 Å². The zero-order valence-corrected chi connectivity index (χ0v) is 9.43. The predicted molar refractivity (Wildman–Crippen MR) is 55.2 cm³/mol. The fourth-order valence-corrected chi connectivity index (χ4v) is 1.43. The Morgan fingerprint density at radius 1 is 1.50 bits per heavy atom. The van der Waals surface area contributed by atoms with Gasteiger partial charge in [0.1, 0.15) is 5.82 Å². The third kappa shape index (κ3) is 2.28. The lowest BCUT2D eigenvalue weighted by molar-refractivity contribution is 0.521. The third-order valence-corrected chi connectivity index (χ3v) is 2.56. The molecule has 0 bridgehead atoms. The quantitative estimate of drug-likeness (QED) is 0.591. The molecular weight excluding hydrogens is 249 g/mol. The molecule has 0 aliphatic heterocycles. The molecular formula is C10H9BrFNO. The molecule has 0 spiro atoms. The molecule has 0 saturated carbocycles. The molecule has 4 heteroatoms. The second kappa shape index (κ2) is 4.03. The normalized spacial score (nSPS) is 10.9. The Morgan fingerprint density at radius 2 is 2.14 bits per heavy atom. The fraction of sp³-hybridized carbons (Fsp3) is 0.300. The maximum Gasteiger partial charge on any atom is 0.235 e. The molecule has 1 aromatic rings. The Hall–Kier alpha value is -0.990. The van der Waals surface area contributed by atoms with Gasteiger partial charge in [-0.1, -0.05) is 6.07 Å². The minimum Gasteiger partial charge on any atom is -0.211 e. The Kier molecular flexibility index (Phi) is 3.19. The first-order valence-electron chi connectivity index (χ1n) is 4.02. The molecule has 0 N–H and O–H groups in total. The molecule has 0 fully saturated rings. The van der Waals surface area contributed by atoms with E-state index in [1.165, 1.54) is 12.1 Å². The highest BCUT2D eigenvalue weighted by Crippen LogP contribution is 2.27. The molecule has 0 aliphatic rings. The summed E-state index contributed by atoms with van der Waals surface area (Å²) in [6.07, 6.45) is 1.51. The summed E-state index contributed by atoms with van der Waals surface area (Å²) >= 11 is 3.07. The number of halogens is 2. The summed E-state index contributed by atoms with van der Waals surface area (Å²) in [6, 6.07) is 4.54. The maximum atomic E-state index is 12.9. The van der Waals surface area contributed by atoms with Crippen LogP contribution in [-0.4, -0.2) is 6.08 Å². The summed E-state index contributed by atoms with van der Waals surface area (Å²) < 4.78 is 13.3. The van der Waals surface area contributed by atoms with E-state index in [-0.39, 0.29) is 5.82 Å². The van der Waals surface area contributed by atoms with Crippen molar-refractivity contribution < 1.29 is 9.18 Å². The van der Waals surface area contributed by atoms with Crippen LogP contribution in [0.5, 0.6) is 0 Å². The van der Waals surface area contributed by atoms with Crippen molar-refractivity contribution in [2.45, 2.75) is 19.4 Å². The Balaban J connectivity index is 3.20. The molecule has 0 heterocycles. The van der Waals surface area contributed by atoms with E-state index < -0.39 is 5.54 Å². The van der Waals surface area contributed by atoms with Gasteiger partial charge in [-0.15, -0.1) is 0 Å². The number of carbonyl (C=O) groups excluding carboxylic acids is 1. The van der Waals surface area contributed by atoms with E-state index in [2.05, 4.69) is 20.9 Å². The van der Waals surface area contributed by atoms with Crippen LogP contribution in [0.15, 0.2) is 27.7 Å². The lowest BCUT2D eigenvalue weighted by Crippen LogP contribution is -2.13. The highest BCUT2D eigenvalue weighted by Gasteiger charge is 2.20. The van der Waals surface area contributed by atoms with Crippen molar-refractivity contribution in [3.8, 4) is 0 Å². The van der Waals surface area contributed by atoms with Crippen molar-refractivity contribution in [1.29, 1.82) is 0 Å². The summed E-state index contributed by atoms with van der Waals surface area (Å²) in [7, 11) is 0. The highest BCUT2D eigenvalue weighted by atomic mass is 79.9. The maximum absolute atomic E-state index is 12.9. The molecule has 0 amide bonds. The molecule has 0 unspecified atom stereocenters. The van der Waals surface area contributed by atoms with Crippen LogP contribution in [0.4, 0.5) is 4.39 Å². The fourth-order valence-electron chi connectivity index (χ4n) is 1.06. The number of hydrogen-bond donors (Lipinski definition) is 0. The van der Waals surface area contributed by atoms with Crippen molar-refractivity contribution in [2.24, 2.45) is 4.99 Å². The highest BCUT2D eigenvalue weighted by molar-refractivity contribution is 9.10. The van der Waals surface area contributed by atoms with Crippen LogP contribution in [-0.2, 0) is 10.3 Å². The van der Waals surface area contributed by atoms with E-state index in [0.29, 0.717) is 4.47 Å². The Labute approximate surface area is 90.0 Å². The van der Waals surface area contributed by atoms with Crippen LogP contribution >= 0.6 is 15.9 Å². The van der Waals surface area contributed by atoms with Crippen LogP contribution in [0, 0.1) is 5.82 Å².